The third-order valence-electron chi connectivity index (χ3n) is 1.40. The van der Waals surface area contributed by atoms with Crippen LogP contribution in [0.15, 0.2) is 0 Å². The summed E-state index contributed by atoms with van der Waals surface area (Å²) in [4.78, 5) is 0. The summed E-state index contributed by atoms with van der Waals surface area (Å²) in [7, 11) is 28.5. The molecule has 0 nitrogen and oxygen atoms in total. The van der Waals surface area contributed by atoms with Gasteiger partial charge >= 0.3 is 0 Å². The summed E-state index contributed by atoms with van der Waals surface area (Å²) in [5.74, 6) is 0. The van der Waals surface area contributed by atoms with Gasteiger partial charge in [-0.1, -0.05) is 0 Å². The van der Waals surface area contributed by atoms with E-state index in [1.165, 1.54) is 7.06 Å². The highest BCUT2D eigenvalue weighted by Crippen LogP contribution is 2.00. The van der Waals surface area contributed by atoms with E-state index >= 15 is 0 Å². The Morgan fingerprint density at radius 2 is 1.45 bits per heavy atom. The fourth-order valence-electron chi connectivity index (χ4n) is 0.703. The Balaban J connectivity index is 4.02. The Kier molecular flexibility index (Phi) is 6.67. The van der Waals surface area contributed by atoms with Crippen molar-refractivity contribution in [1.29, 1.82) is 0 Å². The third-order valence-corrected chi connectivity index (χ3v) is 3.06. The van der Waals surface area contributed by atoms with Crippen molar-refractivity contribution < 1.29 is 0 Å². The molecule has 0 saturated heterocycles. The molecule has 0 unspecified atom stereocenters. The van der Waals surface area contributed by atoms with Gasteiger partial charge in [-0.3, -0.25) is 0 Å². The molecule has 0 rings (SSSR count). The minimum absolute atomic E-state index is 0.0300. The minimum Gasteiger partial charge on any atom is -0.173 e. The van der Waals surface area contributed by atoms with Crippen LogP contribution in [0, 0.1) is 0 Å². The van der Waals surface area contributed by atoms with Gasteiger partial charge in [-0.15, -0.1) is 0 Å². The molecule has 11 radical (unpaired) electrons. The zero-order chi connectivity index (χ0) is 9.02. The summed E-state index contributed by atoms with van der Waals surface area (Å²) in [5, 5.41) is 0. The topological polar surface area (TPSA) is 0 Å². The molecule has 0 spiro atoms. The van der Waals surface area contributed by atoms with Gasteiger partial charge in [0.05, 0.1) is 0 Å². The number of halogens is 1. The monoisotopic (exact) mass is 237 g/mol. The van der Waals surface area contributed by atoms with E-state index in [0.29, 0.717) is 0 Å². The van der Waals surface area contributed by atoms with Gasteiger partial charge in [-0.2, -0.15) is 22.4 Å². The second-order valence-electron chi connectivity index (χ2n) is 2.37. The van der Waals surface area contributed by atoms with Gasteiger partial charge in [0.2, 0.25) is 0 Å². The first-order valence-corrected chi connectivity index (χ1v) is 4.46. The summed E-state index contributed by atoms with van der Waals surface area (Å²) in [6.07, 6.45) is -1.10. The van der Waals surface area contributed by atoms with Crippen LogP contribution in [0.2, 0.25) is 0 Å². The van der Waals surface area contributed by atoms with Crippen LogP contribution in [0.4, 0.5) is 0 Å². The average molecular weight is 235 g/mol. The molecule has 0 aliphatic rings. The summed E-state index contributed by atoms with van der Waals surface area (Å²) >= 11 is 2.09. The molecule has 11 heteroatoms. The molecule has 0 aromatic carbocycles. The van der Waals surface area contributed by atoms with Crippen LogP contribution in [-0.4, -0.2) is 69.3 Å². The zero-order valence-corrected chi connectivity index (χ0v) is 8.31. The smallest absolute Gasteiger partial charge is 0.120 e. The van der Waals surface area contributed by atoms with Crippen LogP contribution in [0.3, 0.4) is 0 Å². The predicted octanol–water partition coefficient (Wildman–Crippen LogP) is -2.92. The van der Waals surface area contributed by atoms with Gasteiger partial charge < -0.3 is 0 Å². The highest BCUT2D eigenvalue weighted by molar-refractivity contribution is 14.1. The third kappa shape index (κ3) is 4.23. The van der Waals surface area contributed by atoms with Crippen LogP contribution in [0.5, 0.6) is 0 Å². The second kappa shape index (κ2) is 5.93. The first kappa shape index (κ1) is 12.4. The summed E-state index contributed by atoms with van der Waals surface area (Å²) in [5.41, 5.74) is 0. The van der Waals surface area contributed by atoms with E-state index in [1.807, 2.05) is 0 Å². The highest BCUT2D eigenvalue weighted by atomic mass is 127. The molecular formula is B10I. The van der Waals surface area contributed by atoms with Crippen molar-refractivity contribution in [3.63, 3.8) is 0 Å². The van der Waals surface area contributed by atoms with Crippen molar-refractivity contribution in [3.8, 4) is 0 Å². The van der Waals surface area contributed by atoms with Gasteiger partial charge in [-0.25, -0.2) is 0 Å². The number of hydrogen-bond acceptors (Lipinski definition) is 0. The number of rotatable bonds is 4. The van der Waals surface area contributed by atoms with Crippen molar-refractivity contribution >= 4 is 91.6 Å². The lowest BCUT2D eigenvalue weighted by atomic mass is 8.66. The predicted molar refractivity (Wildman–Crippen MR) is 71.6 cm³/mol. The van der Waals surface area contributed by atoms with Crippen LogP contribution in [-0.2, 0) is 0 Å². The summed E-state index contributed by atoms with van der Waals surface area (Å²) in [6.45, 7) is 0. The molecule has 37 valence electrons. The summed E-state index contributed by atoms with van der Waals surface area (Å²) < 4.78 is -0.0300. The van der Waals surface area contributed by atoms with E-state index in [1.54, 1.807) is 0 Å². The quantitative estimate of drug-likeness (QED) is 0.361. The largest absolute Gasteiger partial charge is 0.173 e. The SMILES string of the molecule is [B][B]B(B([B])[B])B(I)B([B])[B]. The van der Waals surface area contributed by atoms with Gasteiger partial charge in [0.25, 0.3) is 0 Å². The number of hydrogen-bond donors (Lipinski definition) is 0. The highest BCUT2D eigenvalue weighted by Gasteiger charge is 2.28. The Morgan fingerprint density at radius 3 is 1.55 bits per heavy atom. The molecule has 0 aromatic rings. The first-order valence-electron chi connectivity index (χ1n) is 3.22. The molecule has 0 saturated carbocycles. The van der Waals surface area contributed by atoms with E-state index < -0.39 is 12.8 Å². The Hall–Kier alpha value is 1.38. The molecule has 0 heterocycles. The van der Waals surface area contributed by atoms with Gasteiger partial charge in [0.1, 0.15) is 4.35 Å². The Morgan fingerprint density at radius 1 is 1.00 bits per heavy atom. The minimum atomic E-state index is -0.503. The fourth-order valence-corrected chi connectivity index (χ4v) is 1.42. The van der Waals surface area contributed by atoms with E-state index in [2.05, 4.69) is 22.4 Å². The lowest BCUT2D eigenvalue weighted by molar-refractivity contribution is 3.58. The molecule has 0 fully saturated rings. The normalized spacial score (nSPS) is 8.45. The van der Waals surface area contributed by atoms with Gasteiger partial charge in [0, 0.05) is 64.9 Å². The standard InChI is InChI=1S/B10I/c1-6-9(7(2)3)10(11)8(4)5. The Labute approximate surface area is 91.3 Å². The maximum Gasteiger partial charge on any atom is 0.120 e. The maximum atomic E-state index is 5.44. The van der Waals surface area contributed by atoms with Gasteiger partial charge in [0.15, 0.2) is 0 Å². The molecule has 0 N–H and O–H groups in total. The lowest BCUT2D eigenvalue weighted by Crippen LogP contribution is -2.59. The molecule has 0 atom stereocenters. The van der Waals surface area contributed by atoms with Crippen molar-refractivity contribution in [2.45, 2.75) is 0 Å². The van der Waals surface area contributed by atoms with E-state index in [4.69, 9.17) is 38.7 Å². The molecular weight excluding hydrogens is 235 g/mol. The van der Waals surface area contributed by atoms with Crippen LogP contribution in [0.25, 0.3) is 0 Å². The lowest BCUT2D eigenvalue weighted by Gasteiger charge is -2.21. The van der Waals surface area contributed by atoms with E-state index in [9.17, 15) is 0 Å². The van der Waals surface area contributed by atoms with Crippen LogP contribution < -0.4 is 0 Å². The zero-order valence-electron chi connectivity index (χ0n) is 6.15. The molecule has 0 aliphatic heterocycles. The average Bonchev–Trinajstić information content (AvgIpc) is 1.88. The van der Waals surface area contributed by atoms with Gasteiger partial charge in [-0.05, 0) is 0 Å². The van der Waals surface area contributed by atoms with Crippen LogP contribution >= 0.6 is 22.4 Å². The first-order chi connectivity index (χ1) is 5.00. The summed E-state index contributed by atoms with van der Waals surface area (Å²) in [6, 6.07) is 0. The van der Waals surface area contributed by atoms with Crippen molar-refractivity contribution in [3.05, 3.63) is 0 Å². The van der Waals surface area contributed by atoms with E-state index in [-0.39, 0.29) is 10.7 Å². The molecule has 11 heavy (non-hydrogen) atoms. The van der Waals surface area contributed by atoms with Crippen molar-refractivity contribution in [2.75, 3.05) is 0 Å². The molecule has 0 bridgehead atoms. The molecule has 0 amide bonds. The second-order valence-corrected chi connectivity index (χ2v) is 3.81. The molecule has 0 aromatic heterocycles. The van der Waals surface area contributed by atoms with E-state index in [0.717, 1.165) is 0 Å². The van der Waals surface area contributed by atoms with Crippen molar-refractivity contribution in [2.24, 2.45) is 0 Å². The van der Waals surface area contributed by atoms with Crippen molar-refractivity contribution in [1.82, 2.24) is 0 Å². The van der Waals surface area contributed by atoms with Crippen LogP contribution in [0.1, 0.15) is 0 Å². The molecule has 0 aliphatic carbocycles. The fraction of sp³-hybridized carbons (Fsp3) is 0. The maximum absolute atomic E-state index is 5.44. The Bertz CT molecular complexity index is 97.0.